The van der Waals surface area contributed by atoms with Gasteiger partial charge in [-0.1, -0.05) is 24.2 Å². The second-order valence-electron chi connectivity index (χ2n) is 7.21. The fourth-order valence-electron chi connectivity index (χ4n) is 2.94. The molecule has 0 saturated carbocycles. The first kappa shape index (κ1) is 24.8. The van der Waals surface area contributed by atoms with E-state index in [2.05, 4.69) is 15.4 Å². The zero-order chi connectivity index (χ0) is 24.3. The Morgan fingerprint density at radius 3 is 2.68 bits per heavy atom. The van der Waals surface area contributed by atoms with Crippen molar-refractivity contribution in [2.45, 2.75) is 32.8 Å². The SMILES string of the molecule is CCCO/N=C(/COc1cccc(CC(OCC)C(=O)O)c1)c1nnc(-c2ccc(F)cc2)o1. The molecule has 3 aromatic rings. The summed E-state index contributed by atoms with van der Waals surface area (Å²) in [4.78, 5) is 16.7. The van der Waals surface area contributed by atoms with Crippen molar-refractivity contribution in [1.82, 2.24) is 10.2 Å². The molecule has 2 aromatic carbocycles. The highest BCUT2D eigenvalue weighted by Crippen LogP contribution is 2.20. The first-order valence-corrected chi connectivity index (χ1v) is 10.8. The summed E-state index contributed by atoms with van der Waals surface area (Å²) in [5.41, 5.74) is 1.58. The molecule has 9 nitrogen and oxygen atoms in total. The quantitative estimate of drug-likeness (QED) is 0.225. The monoisotopic (exact) mass is 471 g/mol. The highest BCUT2D eigenvalue weighted by molar-refractivity contribution is 5.97. The van der Waals surface area contributed by atoms with Gasteiger partial charge >= 0.3 is 5.97 Å². The lowest BCUT2D eigenvalue weighted by molar-refractivity contribution is -0.149. The summed E-state index contributed by atoms with van der Waals surface area (Å²) >= 11 is 0. The van der Waals surface area contributed by atoms with Crippen LogP contribution < -0.4 is 4.74 Å². The summed E-state index contributed by atoms with van der Waals surface area (Å²) in [5.74, 6) is -0.585. The zero-order valence-corrected chi connectivity index (χ0v) is 18.9. The Labute approximate surface area is 196 Å². The fourth-order valence-corrected chi connectivity index (χ4v) is 2.94. The molecule has 0 spiro atoms. The number of oxime groups is 1. The number of rotatable bonds is 13. The van der Waals surface area contributed by atoms with Crippen LogP contribution in [-0.4, -0.2) is 52.9 Å². The van der Waals surface area contributed by atoms with Crippen molar-refractivity contribution >= 4 is 11.7 Å². The number of hydrogen-bond donors (Lipinski definition) is 1. The summed E-state index contributed by atoms with van der Waals surface area (Å²) < 4.78 is 30.0. The van der Waals surface area contributed by atoms with E-state index in [4.69, 9.17) is 18.7 Å². The second kappa shape index (κ2) is 12.4. The van der Waals surface area contributed by atoms with Crippen LogP contribution in [0, 0.1) is 5.82 Å². The Kier molecular flexibility index (Phi) is 9.10. The maximum absolute atomic E-state index is 13.2. The molecule has 1 atom stereocenters. The van der Waals surface area contributed by atoms with E-state index in [-0.39, 0.29) is 36.3 Å². The number of carboxylic acid groups (broad SMARTS) is 1. The van der Waals surface area contributed by atoms with E-state index in [1.807, 2.05) is 6.92 Å². The summed E-state index contributed by atoms with van der Waals surface area (Å²) in [7, 11) is 0. The topological polar surface area (TPSA) is 116 Å². The van der Waals surface area contributed by atoms with Crippen LogP contribution in [-0.2, 0) is 20.8 Å². The van der Waals surface area contributed by atoms with Crippen molar-refractivity contribution in [2.24, 2.45) is 5.16 Å². The van der Waals surface area contributed by atoms with Crippen LogP contribution in [0.25, 0.3) is 11.5 Å². The standard InChI is InChI=1S/C24H26FN3O6/c1-3-12-33-28-20(23-27-26-22(34-23)17-8-10-18(25)11-9-17)15-32-19-7-5-6-16(13-19)14-21(24(29)30)31-4-2/h5-11,13,21H,3-4,12,14-15H2,1-2H3,(H,29,30)/b28-20-. The molecular formula is C24H26FN3O6. The van der Waals surface area contributed by atoms with E-state index in [1.165, 1.54) is 24.3 Å². The first-order valence-electron chi connectivity index (χ1n) is 10.8. The minimum atomic E-state index is -1.02. The Hall–Kier alpha value is -3.79. The number of aliphatic carboxylic acids is 1. The van der Waals surface area contributed by atoms with Gasteiger partial charge in [0.25, 0.3) is 5.89 Å². The van der Waals surface area contributed by atoms with E-state index in [0.717, 1.165) is 12.0 Å². The van der Waals surface area contributed by atoms with Gasteiger partial charge in [-0.25, -0.2) is 9.18 Å². The molecule has 10 heteroatoms. The average molecular weight is 471 g/mol. The highest BCUT2D eigenvalue weighted by atomic mass is 19.1. The van der Waals surface area contributed by atoms with Crippen molar-refractivity contribution in [1.29, 1.82) is 0 Å². The predicted octanol–water partition coefficient (Wildman–Crippen LogP) is 4.12. The normalized spacial score (nSPS) is 12.4. The molecule has 1 aromatic heterocycles. The van der Waals surface area contributed by atoms with Gasteiger partial charge in [0.2, 0.25) is 5.89 Å². The third-order valence-electron chi connectivity index (χ3n) is 4.57. The average Bonchev–Trinajstić information content (AvgIpc) is 3.32. The molecule has 0 bridgehead atoms. The number of aromatic nitrogens is 2. The van der Waals surface area contributed by atoms with Gasteiger partial charge in [-0.15, -0.1) is 10.2 Å². The minimum Gasteiger partial charge on any atom is -0.487 e. The number of carbonyl (C=O) groups is 1. The largest absolute Gasteiger partial charge is 0.487 e. The van der Waals surface area contributed by atoms with Gasteiger partial charge in [0, 0.05) is 18.6 Å². The zero-order valence-electron chi connectivity index (χ0n) is 18.9. The van der Waals surface area contributed by atoms with Crippen LogP contribution in [0.4, 0.5) is 4.39 Å². The number of nitrogens with zero attached hydrogens (tertiary/aromatic N) is 3. The van der Waals surface area contributed by atoms with Gasteiger partial charge < -0.3 is 23.8 Å². The number of benzene rings is 2. The van der Waals surface area contributed by atoms with E-state index in [1.54, 1.807) is 31.2 Å². The molecule has 1 unspecified atom stereocenters. The van der Waals surface area contributed by atoms with Gasteiger partial charge in [-0.05, 0) is 55.3 Å². The molecule has 34 heavy (non-hydrogen) atoms. The maximum atomic E-state index is 13.2. The van der Waals surface area contributed by atoms with Crippen molar-refractivity contribution < 1.29 is 33.0 Å². The van der Waals surface area contributed by atoms with Gasteiger partial charge in [0.1, 0.15) is 24.8 Å². The predicted molar refractivity (Wildman–Crippen MR) is 121 cm³/mol. The molecule has 3 rings (SSSR count). The lowest BCUT2D eigenvalue weighted by atomic mass is 10.1. The Bertz CT molecular complexity index is 1100. The van der Waals surface area contributed by atoms with Crippen molar-refractivity contribution in [3.05, 3.63) is 65.8 Å². The van der Waals surface area contributed by atoms with Crippen molar-refractivity contribution in [3.63, 3.8) is 0 Å². The molecule has 0 fully saturated rings. The van der Waals surface area contributed by atoms with E-state index in [9.17, 15) is 14.3 Å². The molecule has 0 aliphatic carbocycles. The lowest BCUT2D eigenvalue weighted by Crippen LogP contribution is -2.26. The maximum Gasteiger partial charge on any atom is 0.333 e. The van der Waals surface area contributed by atoms with Crippen LogP contribution in [0.15, 0.2) is 58.1 Å². The highest BCUT2D eigenvalue weighted by Gasteiger charge is 2.19. The van der Waals surface area contributed by atoms with Crippen LogP contribution in [0.1, 0.15) is 31.7 Å². The molecular weight excluding hydrogens is 445 g/mol. The smallest absolute Gasteiger partial charge is 0.333 e. The summed E-state index contributed by atoms with van der Waals surface area (Å²) in [6.07, 6.45) is 0.0173. The van der Waals surface area contributed by atoms with E-state index >= 15 is 0 Å². The molecule has 180 valence electrons. The van der Waals surface area contributed by atoms with Crippen LogP contribution in [0.2, 0.25) is 0 Å². The fraction of sp³-hybridized carbons (Fsp3) is 0.333. The molecule has 0 aliphatic rings. The first-order chi connectivity index (χ1) is 16.5. The van der Waals surface area contributed by atoms with E-state index < -0.39 is 12.1 Å². The lowest BCUT2D eigenvalue weighted by Gasteiger charge is -2.13. The molecule has 0 amide bonds. The Balaban J connectivity index is 1.73. The van der Waals surface area contributed by atoms with Crippen LogP contribution >= 0.6 is 0 Å². The minimum absolute atomic E-state index is 0.0357. The summed E-state index contributed by atoms with van der Waals surface area (Å²) in [6, 6.07) is 12.7. The third kappa shape index (κ3) is 7.11. The Morgan fingerprint density at radius 1 is 1.18 bits per heavy atom. The molecule has 0 radical (unpaired) electrons. The molecule has 0 aliphatic heterocycles. The summed E-state index contributed by atoms with van der Waals surface area (Å²) in [5, 5.41) is 21.4. The molecule has 0 saturated heterocycles. The third-order valence-corrected chi connectivity index (χ3v) is 4.57. The van der Waals surface area contributed by atoms with Crippen molar-refractivity contribution in [3.8, 4) is 17.2 Å². The second-order valence-corrected chi connectivity index (χ2v) is 7.21. The number of ether oxygens (including phenoxy) is 2. The van der Waals surface area contributed by atoms with Crippen LogP contribution in [0.3, 0.4) is 0 Å². The van der Waals surface area contributed by atoms with Crippen LogP contribution in [0.5, 0.6) is 5.75 Å². The van der Waals surface area contributed by atoms with Gasteiger partial charge in [0.05, 0.1) is 0 Å². The van der Waals surface area contributed by atoms with Gasteiger partial charge in [-0.2, -0.15) is 0 Å². The Morgan fingerprint density at radius 2 is 1.97 bits per heavy atom. The molecule has 1 N–H and O–H groups in total. The number of carboxylic acids is 1. The number of halogens is 1. The summed E-state index contributed by atoms with van der Waals surface area (Å²) in [6.45, 7) is 4.35. The van der Waals surface area contributed by atoms with Gasteiger partial charge in [0.15, 0.2) is 11.8 Å². The van der Waals surface area contributed by atoms with E-state index in [0.29, 0.717) is 24.5 Å². The van der Waals surface area contributed by atoms with Crippen molar-refractivity contribution in [2.75, 3.05) is 19.8 Å². The van der Waals surface area contributed by atoms with Gasteiger partial charge in [-0.3, -0.25) is 0 Å². The number of hydrogen-bond acceptors (Lipinski definition) is 8. The molecule has 1 heterocycles.